The zero-order chi connectivity index (χ0) is 14.0. The highest BCUT2D eigenvalue weighted by atomic mass is 32.1. The molecular formula is C15H16N2O2S. The molecule has 0 aliphatic heterocycles. The minimum Gasteiger partial charge on any atom is -0.384 e. The van der Waals surface area contributed by atoms with Gasteiger partial charge in [0.15, 0.2) is 5.01 Å². The van der Waals surface area contributed by atoms with Crippen LogP contribution in [0, 0.1) is 0 Å². The maximum atomic E-state index is 12.1. The van der Waals surface area contributed by atoms with Crippen LogP contribution in [-0.2, 0) is 0 Å². The monoisotopic (exact) mass is 288 g/mol. The van der Waals surface area contributed by atoms with Gasteiger partial charge in [0.25, 0.3) is 5.91 Å². The van der Waals surface area contributed by atoms with Crippen molar-refractivity contribution >= 4 is 27.5 Å². The maximum absolute atomic E-state index is 12.1. The van der Waals surface area contributed by atoms with E-state index in [1.165, 1.54) is 11.3 Å². The van der Waals surface area contributed by atoms with Gasteiger partial charge < -0.3 is 10.4 Å². The number of hydrogen-bond acceptors (Lipinski definition) is 4. The number of carbonyl (C=O) groups is 1. The fourth-order valence-electron chi connectivity index (χ4n) is 2.34. The van der Waals surface area contributed by atoms with Crippen molar-refractivity contribution in [3.05, 3.63) is 41.4 Å². The van der Waals surface area contributed by atoms with Gasteiger partial charge in [-0.2, -0.15) is 0 Å². The van der Waals surface area contributed by atoms with Gasteiger partial charge in [0, 0.05) is 0 Å². The third-order valence-corrected chi connectivity index (χ3v) is 4.49. The molecule has 3 rings (SSSR count). The lowest BCUT2D eigenvalue weighted by atomic mass is 9.91. The van der Waals surface area contributed by atoms with E-state index >= 15 is 0 Å². The summed E-state index contributed by atoms with van der Waals surface area (Å²) in [7, 11) is 0. The first-order chi connectivity index (χ1) is 9.66. The quantitative estimate of drug-likeness (QED) is 0.853. The van der Waals surface area contributed by atoms with Crippen molar-refractivity contribution in [2.75, 3.05) is 6.54 Å². The Morgan fingerprint density at radius 1 is 1.45 bits per heavy atom. The second-order valence-electron chi connectivity index (χ2n) is 5.07. The Hall–Kier alpha value is -1.72. The SMILES string of the molecule is O=C(NC[C@@]1(O)C=CCCC1)c1nc2ccccc2s1. The van der Waals surface area contributed by atoms with Crippen LogP contribution >= 0.6 is 11.3 Å². The zero-order valence-corrected chi connectivity index (χ0v) is 11.8. The Kier molecular flexibility index (Phi) is 3.54. The molecule has 1 amide bonds. The molecule has 0 saturated heterocycles. The number of aliphatic hydroxyl groups is 1. The second-order valence-corrected chi connectivity index (χ2v) is 6.10. The number of benzene rings is 1. The summed E-state index contributed by atoms with van der Waals surface area (Å²) in [6.07, 6.45) is 6.38. The molecule has 0 saturated carbocycles. The Labute approximate surface area is 121 Å². The van der Waals surface area contributed by atoms with Crippen molar-refractivity contribution < 1.29 is 9.90 Å². The van der Waals surface area contributed by atoms with E-state index in [0.29, 0.717) is 11.4 Å². The number of amides is 1. The molecule has 1 aromatic heterocycles. The van der Waals surface area contributed by atoms with E-state index in [9.17, 15) is 9.90 Å². The predicted molar refractivity (Wildman–Crippen MR) is 79.9 cm³/mol. The molecule has 1 heterocycles. The fraction of sp³-hybridized carbons (Fsp3) is 0.333. The van der Waals surface area contributed by atoms with Gasteiger partial charge in [0.2, 0.25) is 0 Å². The largest absolute Gasteiger partial charge is 0.384 e. The van der Waals surface area contributed by atoms with Gasteiger partial charge in [-0.1, -0.05) is 24.3 Å². The van der Waals surface area contributed by atoms with Crippen LogP contribution in [-0.4, -0.2) is 28.1 Å². The smallest absolute Gasteiger partial charge is 0.280 e. The van der Waals surface area contributed by atoms with Crippen molar-refractivity contribution in [1.29, 1.82) is 0 Å². The number of aromatic nitrogens is 1. The number of nitrogens with zero attached hydrogens (tertiary/aromatic N) is 1. The Bertz CT molecular complexity index is 632. The lowest BCUT2D eigenvalue weighted by Crippen LogP contribution is -2.42. The van der Waals surface area contributed by atoms with Gasteiger partial charge in [0.05, 0.1) is 22.4 Å². The lowest BCUT2D eigenvalue weighted by Gasteiger charge is -2.27. The fourth-order valence-corrected chi connectivity index (χ4v) is 3.22. The molecular weight excluding hydrogens is 272 g/mol. The van der Waals surface area contributed by atoms with Crippen molar-refractivity contribution in [1.82, 2.24) is 10.3 Å². The average Bonchev–Trinajstić information content (AvgIpc) is 2.89. The topological polar surface area (TPSA) is 62.2 Å². The number of hydrogen-bond donors (Lipinski definition) is 2. The van der Waals surface area contributed by atoms with Crippen LogP contribution in [0.5, 0.6) is 0 Å². The first-order valence-corrected chi connectivity index (χ1v) is 7.52. The summed E-state index contributed by atoms with van der Waals surface area (Å²) in [6.45, 7) is 0.234. The van der Waals surface area contributed by atoms with Gasteiger partial charge in [-0.25, -0.2) is 4.98 Å². The molecule has 0 radical (unpaired) electrons. The van der Waals surface area contributed by atoms with Gasteiger partial charge in [-0.15, -0.1) is 11.3 Å². The summed E-state index contributed by atoms with van der Waals surface area (Å²) in [5.74, 6) is -0.224. The summed E-state index contributed by atoms with van der Waals surface area (Å²) in [5.41, 5.74) is -0.0798. The second kappa shape index (κ2) is 5.34. The standard InChI is InChI=1S/C15H16N2O2S/c18-13(16-10-15(19)8-4-1-5-9-15)14-17-11-6-2-3-7-12(11)20-14/h2-4,6-8,19H,1,5,9-10H2,(H,16,18)/t15-/m1/s1. The molecule has 5 heteroatoms. The van der Waals surface area contributed by atoms with E-state index < -0.39 is 5.60 Å². The zero-order valence-electron chi connectivity index (χ0n) is 11.0. The molecule has 0 bridgehead atoms. The van der Waals surface area contributed by atoms with Crippen LogP contribution in [0.1, 0.15) is 29.1 Å². The first-order valence-electron chi connectivity index (χ1n) is 6.70. The van der Waals surface area contributed by atoms with Gasteiger partial charge in [-0.05, 0) is 31.4 Å². The van der Waals surface area contributed by atoms with Crippen LogP contribution in [0.3, 0.4) is 0 Å². The maximum Gasteiger partial charge on any atom is 0.280 e. The minimum absolute atomic E-state index is 0.224. The molecule has 0 unspecified atom stereocenters. The molecule has 104 valence electrons. The first kappa shape index (κ1) is 13.3. The predicted octanol–water partition coefficient (Wildman–Crippen LogP) is 2.50. The van der Waals surface area contributed by atoms with Crippen LogP contribution in [0.4, 0.5) is 0 Å². The highest BCUT2D eigenvalue weighted by Gasteiger charge is 2.26. The van der Waals surface area contributed by atoms with Gasteiger partial charge >= 0.3 is 0 Å². The molecule has 1 atom stereocenters. The van der Waals surface area contributed by atoms with Crippen LogP contribution < -0.4 is 5.32 Å². The summed E-state index contributed by atoms with van der Waals surface area (Å²) in [6, 6.07) is 7.66. The summed E-state index contributed by atoms with van der Waals surface area (Å²) in [5, 5.41) is 13.5. The summed E-state index contributed by atoms with van der Waals surface area (Å²) in [4.78, 5) is 16.4. The van der Waals surface area contributed by atoms with Crippen molar-refractivity contribution in [3.8, 4) is 0 Å². The number of rotatable bonds is 3. The van der Waals surface area contributed by atoms with E-state index in [4.69, 9.17) is 0 Å². The lowest BCUT2D eigenvalue weighted by molar-refractivity contribution is 0.0660. The highest BCUT2D eigenvalue weighted by molar-refractivity contribution is 7.20. The summed E-state index contributed by atoms with van der Waals surface area (Å²) < 4.78 is 0.994. The molecule has 1 aromatic carbocycles. The van der Waals surface area contributed by atoms with Gasteiger partial charge in [0.1, 0.15) is 0 Å². The van der Waals surface area contributed by atoms with Gasteiger partial charge in [-0.3, -0.25) is 4.79 Å². The third-order valence-electron chi connectivity index (χ3n) is 3.45. The van der Waals surface area contributed by atoms with Crippen LogP contribution in [0.15, 0.2) is 36.4 Å². The van der Waals surface area contributed by atoms with E-state index in [0.717, 1.165) is 23.1 Å². The molecule has 1 aliphatic carbocycles. The van der Waals surface area contributed by atoms with Crippen LogP contribution in [0.25, 0.3) is 10.2 Å². The molecule has 0 spiro atoms. The van der Waals surface area contributed by atoms with Crippen LogP contribution in [0.2, 0.25) is 0 Å². The Morgan fingerprint density at radius 2 is 2.30 bits per heavy atom. The number of carbonyl (C=O) groups excluding carboxylic acids is 1. The normalized spacial score (nSPS) is 22.1. The molecule has 2 aromatic rings. The van der Waals surface area contributed by atoms with Crippen molar-refractivity contribution in [2.45, 2.75) is 24.9 Å². The molecule has 0 fully saturated rings. The van der Waals surface area contributed by atoms with Crippen molar-refractivity contribution in [2.24, 2.45) is 0 Å². The summed E-state index contributed by atoms with van der Waals surface area (Å²) >= 11 is 1.37. The molecule has 4 nitrogen and oxygen atoms in total. The van der Waals surface area contributed by atoms with E-state index in [1.807, 2.05) is 30.3 Å². The molecule has 2 N–H and O–H groups in total. The highest BCUT2D eigenvalue weighted by Crippen LogP contribution is 2.23. The minimum atomic E-state index is -0.912. The molecule has 20 heavy (non-hydrogen) atoms. The van der Waals surface area contributed by atoms with E-state index in [-0.39, 0.29) is 12.5 Å². The number of thiazole rings is 1. The number of nitrogens with one attached hydrogen (secondary N) is 1. The van der Waals surface area contributed by atoms with Crippen molar-refractivity contribution in [3.63, 3.8) is 0 Å². The third kappa shape index (κ3) is 2.73. The van der Waals surface area contributed by atoms with E-state index in [1.54, 1.807) is 6.08 Å². The Balaban J connectivity index is 1.70. The Morgan fingerprint density at radius 3 is 3.05 bits per heavy atom. The number of fused-ring (bicyclic) bond motifs is 1. The number of allylic oxidation sites excluding steroid dienone is 1. The number of para-hydroxylation sites is 1. The molecule has 1 aliphatic rings. The average molecular weight is 288 g/mol. The van der Waals surface area contributed by atoms with E-state index in [2.05, 4.69) is 10.3 Å².